The number of hydrogen-bond donors (Lipinski definition) is 0. The van der Waals surface area contributed by atoms with Crippen molar-refractivity contribution in [2.24, 2.45) is 0 Å². The fourth-order valence-corrected chi connectivity index (χ4v) is 3.31. The van der Waals surface area contributed by atoms with E-state index in [-0.39, 0.29) is 17.0 Å². The van der Waals surface area contributed by atoms with E-state index in [1.54, 1.807) is 0 Å². The van der Waals surface area contributed by atoms with Crippen molar-refractivity contribution >= 4 is 28.1 Å². The fraction of sp³-hybridized carbons (Fsp3) is 0.158. The average molecular weight is 340 g/mol. The molecule has 2 heteroatoms. The van der Waals surface area contributed by atoms with E-state index in [9.17, 15) is 0 Å². The van der Waals surface area contributed by atoms with Crippen LogP contribution in [0, 0.1) is 0 Å². The maximum absolute atomic E-state index is 2.37. The Balaban J connectivity index is 0.00000132. The molecule has 0 N–H and O–H groups in total. The summed E-state index contributed by atoms with van der Waals surface area (Å²) in [6, 6.07) is 19.6. The molecule has 2 aromatic rings. The molecule has 0 amide bonds. The molecule has 0 saturated carbocycles. The zero-order valence-corrected chi connectivity index (χ0v) is 13.8. The van der Waals surface area contributed by atoms with Crippen LogP contribution in [-0.4, -0.2) is 25.0 Å². The van der Waals surface area contributed by atoms with E-state index in [0.717, 1.165) is 13.1 Å². The van der Waals surface area contributed by atoms with Gasteiger partial charge in [0.25, 0.3) is 0 Å². The number of nitrogens with zero attached hydrogens (tertiary/aromatic N) is 1. The molecule has 2 aromatic carbocycles. The molecule has 0 aromatic heterocycles. The molecule has 2 aliphatic rings. The molecular formula is C19H18BrN. The van der Waals surface area contributed by atoms with E-state index in [2.05, 4.69) is 72.6 Å². The van der Waals surface area contributed by atoms with Crippen LogP contribution in [0.2, 0.25) is 0 Å². The number of benzene rings is 2. The summed E-state index contributed by atoms with van der Waals surface area (Å²) in [5.41, 5.74) is 8.45. The van der Waals surface area contributed by atoms with Crippen LogP contribution in [0.3, 0.4) is 0 Å². The van der Waals surface area contributed by atoms with E-state index in [0.29, 0.717) is 0 Å². The Morgan fingerprint density at radius 2 is 1.52 bits per heavy atom. The Kier molecular flexibility index (Phi) is 3.83. The molecule has 0 fully saturated rings. The summed E-state index contributed by atoms with van der Waals surface area (Å²) in [4.78, 5) is 2.37. The van der Waals surface area contributed by atoms with E-state index < -0.39 is 0 Å². The van der Waals surface area contributed by atoms with Crippen molar-refractivity contribution in [2.75, 3.05) is 20.1 Å². The van der Waals surface area contributed by atoms with Crippen LogP contribution in [0.25, 0.3) is 11.1 Å². The van der Waals surface area contributed by atoms with Crippen LogP contribution >= 0.6 is 17.0 Å². The molecule has 0 saturated heterocycles. The van der Waals surface area contributed by atoms with Gasteiger partial charge in [-0.1, -0.05) is 60.7 Å². The topological polar surface area (TPSA) is 3.24 Å². The summed E-state index contributed by atoms with van der Waals surface area (Å²) in [7, 11) is 2.19. The lowest BCUT2D eigenvalue weighted by Gasteiger charge is -2.23. The highest BCUT2D eigenvalue weighted by Gasteiger charge is 2.29. The van der Waals surface area contributed by atoms with Gasteiger partial charge in [-0.3, -0.25) is 4.90 Å². The van der Waals surface area contributed by atoms with Crippen LogP contribution < -0.4 is 0 Å². The van der Waals surface area contributed by atoms with Gasteiger partial charge >= 0.3 is 0 Å². The third kappa shape index (κ3) is 2.29. The Bertz CT molecular complexity index is 728. The highest BCUT2D eigenvalue weighted by Crippen LogP contribution is 2.45. The Morgan fingerprint density at radius 3 is 2.29 bits per heavy atom. The average Bonchev–Trinajstić information content (AvgIpc) is 2.81. The van der Waals surface area contributed by atoms with Crippen molar-refractivity contribution in [3.8, 4) is 0 Å². The normalized spacial score (nSPS) is 16.9. The van der Waals surface area contributed by atoms with Crippen molar-refractivity contribution in [3.05, 3.63) is 82.9 Å². The van der Waals surface area contributed by atoms with Gasteiger partial charge in [0, 0.05) is 13.1 Å². The lowest BCUT2D eigenvalue weighted by molar-refractivity contribution is 0.401. The van der Waals surface area contributed by atoms with Gasteiger partial charge in [0.1, 0.15) is 0 Å². The fourth-order valence-electron chi connectivity index (χ4n) is 3.31. The SMILES string of the molecule is Br.CN1CC=C2C(=C(c3ccccc3)c3ccccc32)C1. The van der Waals surface area contributed by atoms with E-state index >= 15 is 0 Å². The smallest absolute Gasteiger partial charge is 0.0246 e. The predicted octanol–water partition coefficient (Wildman–Crippen LogP) is 4.41. The first-order valence-corrected chi connectivity index (χ1v) is 7.12. The van der Waals surface area contributed by atoms with Crippen molar-refractivity contribution in [1.82, 2.24) is 4.90 Å². The summed E-state index contributed by atoms with van der Waals surface area (Å²) < 4.78 is 0. The molecule has 1 aliphatic carbocycles. The molecule has 1 aliphatic heterocycles. The second kappa shape index (κ2) is 5.63. The highest BCUT2D eigenvalue weighted by molar-refractivity contribution is 8.93. The van der Waals surface area contributed by atoms with Crippen LogP contribution in [0.4, 0.5) is 0 Å². The van der Waals surface area contributed by atoms with Gasteiger partial charge in [-0.05, 0) is 40.5 Å². The number of hydrogen-bond acceptors (Lipinski definition) is 1. The van der Waals surface area contributed by atoms with Crippen LogP contribution in [0.1, 0.15) is 16.7 Å². The minimum absolute atomic E-state index is 0. The summed E-state index contributed by atoms with van der Waals surface area (Å²) in [6.07, 6.45) is 2.37. The van der Waals surface area contributed by atoms with Crippen molar-refractivity contribution < 1.29 is 0 Å². The van der Waals surface area contributed by atoms with Gasteiger partial charge in [-0.15, -0.1) is 17.0 Å². The second-order valence-electron chi connectivity index (χ2n) is 5.58. The summed E-state index contributed by atoms with van der Waals surface area (Å²) >= 11 is 0. The Hall–Kier alpha value is -1.64. The summed E-state index contributed by atoms with van der Waals surface area (Å²) in [5.74, 6) is 0. The Morgan fingerprint density at radius 1 is 0.857 bits per heavy atom. The lowest BCUT2D eigenvalue weighted by atomic mass is 9.96. The van der Waals surface area contributed by atoms with Crippen LogP contribution in [0.5, 0.6) is 0 Å². The molecule has 1 heterocycles. The summed E-state index contributed by atoms with van der Waals surface area (Å²) in [6.45, 7) is 2.07. The van der Waals surface area contributed by atoms with Crippen molar-refractivity contribution in [3.63, 3.8) is 0 Å². The van der Waals surface area contributed by atoms with Gasteiger partial charge < -0.3 is 0 Å². The van der Waals surface area contributed by atoms with E-state index in [1.165, 1.54) is 33.4 Å². The maximum atomic E-state index is 2.37. The molecule has 21 heavy (non-hydrogen) atoms. The van der Waals surface area contributed by atoms with Gasteiger partial charge in [0.15, 0.2) is 0 Å². The largest absolute Gasteiger partial charge is 0.298 e. The number of fused-ring (bicyclic) bond motifs is 3. The third-order valence-electron chi connectivity index (χ3n) is 4.21. The molecule has 0 bridgehead atoms. The lowest BCUT2D eigenvalue weighted by Crippen LogP contribution is -2.25. The first-order chi connectivity index (χ1) is 9.84. The standard InChI is InChI=1S/C19H17N.BrH/c1-20-12-11-16-15-9-5-6-10-17(15)19(18(16)13-20)14-7-3-2-4-8-14;/h2-11H,12-13H2,1H3;1H. The predicted molar refractivity (Wildman–Crippen MR) is 94.7 cm³/mol. The quantitative estimate of drug-likeness (QED) is 0.743. The van der Waals surface area contributed by atoms with E-state index in [1.807, 2.05) is 0 Å². The minimum Gasteiger partial charge on any atom is -0.298 e. The van der Waals surface area contributed by atoms with Crippen molar-refractivity contribution in [2.45, 2.75) is 0 Å². The van der Waals surface area contributed by atoms with Crippen molar-refractivity contribution in [1.29, 1.82) is 0 Å². The summed E-state index contributed by atoms with van der Waals surface area (Å²) in [5, 5.41) is 0. The van der Waals surface area contributed by atoms with E-state index in [4.69, 9.17) is 0 Å². The second-order valence-corrected chi connectivity index (χ2v) is 5.58. The zero-order valence-electron chi connectivity index (χ0n) is 12.0. The van der Waals surface area contributed by atoms with Gasteiger partial charge in [-0.25, -0.2) is 0 Å². The zero-order chi connectivity index (χ0) is 13.5. The third-order valence-corrected chi connectivity index (χ3v) is 4.21. The molecule has 0 unspecified atom stereocenters. The minimum atomic E-state index is 0. The Labute approximate surface area is 136 Å². The monoisotopic (exact) mass is 339 g/mol. The number of halogens is 1. The molecule has 0 radical (unpaired) electrons. The maximum Gasteiger partial charge on any atom is 0.0246 e. The molecular weight excluding hydrogens is 322 g/mol. The molecule has 4 rings (SSSR count). The molecule has 106 valence electrons. The van der Waals surface area contributed by atoms with Crippen LogP contribution in [0.15, 0.2) is 66.2 Å². The van der Waals surface area contributed by atoms with Gasteiger partial charge in [0.2, 0.25) is 0 Å². The van der Waals surface area contributed by atoms with Gasteiger partial charge in [-0.2, -0.15) is 0 Å². The highest BCUT2D eigenvalue weighted by atomic mass is 79.9. The first kappa shape index (κ1) is 14.3. The molecule has 0 spiro atoms. The molecule has 1 nitrogen and oxygen atoms in total. The first-order valence-electron chi connectivity index (χ1n) is 7.12. The van der Waals surface area contributed by atoms with Gasteiger partial charge in [0.05, 0.1) is 0 Å². The van der Waals surface area contributed by atoms with Crippen LogP contribution in [-0.2, 0) is 0 Å². The number of likely N-dealkylation sites (N-methyl/N-ethyl adjacent to an activating group) is 1. The number of rotatable bonds is 1. The molecule has 0 atom stereocenters.